The quantitative estimate of drug-likeness (QED) is 0.175. The molecule has 0 unspecified atom stereocenters. The van der Waals surface area contributed by atoms with Gasteiger partial charge >= 0.3 is 0 Å². The Kier molecular flexibility index (Phi) is 5.93. The van der Waals surface area contributed by atoms with Gasteiger partial charge in [-0.2, -0.15) is 0 Å². The SMILES string of the molecule is CC1(C)c2ccccc2-c2cc3c(cc21)c1cc(-c2ccc4c(c2)c2ccccc2n4C2=c4ccccc4=CC2)ccc1n3-c1ccc2ccccc2c1. The van der Waals surface area contributed by atoms with Gasteiger partial charge in [0, 0.05) is 50.0 Å². The smallest absolute Gasteiger partial charge is 0.0547 e. The number of rotatable bonds is 3. The largest absolute Gasteiger partial charge is 0.312 e. The predicted octanol–water partition coefficient (Wildman–Crippen LogP) is 11.9. The van der Waals surface area contributed by atoms with Crippen molar-refractivity contribution in [1.82, 2.24) is 9.13 Å². The summed E-state index contributed by atoms with van der Waals surface area (Å²) in [6.07, 6.45) is 3.29. The zero-order valence-corrected chi connectivity index (χ0v) is 30.3. The fourth-order valence-electron chi connectivity index (χ4n) is 9.90. The molecule has 2 aromatic heterocycles. The molecule has 0 fully saturated rings. The highest BCUT2D eigenvalue weighted by molar-refractivity contribution is 6.14. The Morgan fingerprint density at radius 3 is 1.98 bits per heavy atom. The molecular weight excluding hydrogens is 653 g/mol. The van der Waals surface area contributed by atoms with Crippen molar-refractivity contribution in [3.63, 3.8) is 0 Å². The molecule has 0 aliphatic heterocycles. The van der Waals surface area contributed by atoms with Crippen molar-refractivity contribution in [2.75, 3.05) is 0 Å². The van der Waals surface area contributed by atoms with Crippen molar-refractivity contribution in [2.24, 2.45) is 0 Å². The Balaban J connectivity index is 1.11. The minimum Gasteiger partial charge on any atom is -0.312 e. The van der Waals surface area contributed by atoms with Crippen LogP contribution in [0.5, 0.6) is 0 Å². The van der Waals surface area contributed by atoms with Crippen LogP contribution in [0.3, 0.4) is 0 Å². The molecule has 8 aromatic carbocycles. The molecule has 0 saturated carbocycles. The first kappa shape index (κ1) is 29.9. The fourth-order valence-corrected chi connectivity index (χ4v) is 9.90. The van der Waals surface area contributed by atoms with Gasteiger partial charge in [-0.05, 0) is 104 Å². The predicted molar refractivity (Wildman–Crippen MR) is 228 cm³/mol. The van der Waals surface area contributed by atoms with Crippen LogP contribution in [-0.4, -0.2) is 9.13 Å². The summed E-state index contributed by atoms with van der Waals surface area (Å²) >= 11 is 0. The summed E-state index contributed by atoms with van der Waals surface area (Å²) in [5, 5.41) is 10.3. The fraction of sp³-hybridized carbons (Fsp3) is 0.0769. The van der Waals surface area contributed by atoms with Crippen LogP contribution < -0.4 is 10.4 Å². The molecule has 0 radical (unpaired) electrons. The molecule has 2 aliphatic rings. The lowest BCUT2D eigenvalue weighted by Crippen LogP contribution is -2.23. The third-order valence-corrected chi connectivity index (χ3v) is 12.5. The normalized spacial score (nSPS) is 14.3. The molecule has 0 N–H and O–H groups in total. The van der Waals surface area contributed by atoms with Gasteiger partial charge in [0.2, 0.25) is 0 Å². The summed E-state index contributed by atoms with van der Waals surface area (Å²) in [6, 6.07) is 61.3. The maximum Gasteiger partial charge on any atom is 0.0547 e. The average molecular weight is 689 g/mol. The van der Waals surface area contributed by atoms with Gasteiger partial charge in [-0.15, -0.1) is 0 Å². The average Bonchev–Trinajstić information content (AvgIpc) is 3.94. The van der Waals surface area contributed by atoms with Crippen molar-refractivity contribution < 1.29 is 0 Å². The van der Waals surface area contributed by atoms with E-state index in [1.165, 1.54) is 110 Å². The van der Waals surface area contributed by atoms with E-state index in [0.717, 1.165) is 6.42 Å². The van der Waals surface area contributed by atoms with Crippen molar-refractivity contribution >= 4 is 66.2 Å². The summed E-state index contributed by atoms with van der Waals surface area (Å²) in [4.78, 5) is 0. The molecule has 10 aromatic rings. The van der Waals surface area contributed by atoms with E-state index >= 15 is 0 Å². The highest BCUT2D eigenvalue weighted by Gasteiger charge is 2.36. The number of para-hydroxylation sites is 1. The lowest BCUT2D eigenvalue weighted by Gasteiger charge is -2.21. The zero-order chi connectivity index (χ0) is 35.7. The van der Waals surface area contributed by atoms with Crippen LogP contribution in [0.15, 0.2) is 164 Å². The van der Waals surface area contributed by atoms with E-state index in [-0.39, 0.29) is 5.41 Å². The van der Waals surface area contributed by atoms with Crippen LogP contribution in [0.2, 0.25) is 0 Å². The van der Waals surface area contributed by atoms with Gasteiger partial charge in [-0.3, -0.25) is 0 Å². The van der Waals surface area contributed by atoms with E-state index in [0.29, 0.717) is 0 Å². The van der Waals surface area contributed by atoms with E-state index < -0.39 is 0 Å². The van der Waals surface area contributed by atoms with E-state index in [1.807, 2.05) is 0 Å². The van der Waals surface area contributed by atoms with Gasteiger partial charge in [0.25, 0.3) is 0 Å². The first-order valence-corrected chi connectivity index (χ1v) is 19.1. The van der Waals surface area contributed by atoms with Gasteiger partial charge in [0.1, 0.15) is 0 Å². The second kappa shape index (κ2) is 10.7. The first-order valence-electron chi connectivity index (χ1n) is 19.1. The third kappa shape index (κ3) is 4.00. The van der Waals surface area contributed by atoms with E-state index in [9.17, 15) is 0 Å². The Bertz CT molecular complexity index is 3390. The van der Waals surface area contributed by atoms with E-state index in [4.69, 9.17) is 0 Å². The number of hydrogen-bond donors (Lipinski definition) is 0. The number of nitrogens with zero attached hydrogens (tertiary/aromatic N) is 2. The minimum absolute atomic E-state index is 0.0794. The standard InChI is InChI=1S/C52H36N2/c1-52(2)45-17-9-7-15-39(45)41-31-51-44(30-46(41)52)43-29-36(21-25-49(43)53(51)37-23-19-32-11-3-4-13-34(32)27-37)35-22-26-50-42(28-35)40-16-8-10-18-47(40)54(50)48-24-20-33-12-5-6-14-38(33)48/h3-23,25-31H,24H2,1-2H3. The van der Waals surface area contributed by atoms with Crippen molar-refractivity contribution in [3.05, 3.63) is 185 Å². The molecule has 2 heterocycles. The Morgan fingerprint density at radius 1 is 0.444 bits per heavy atom. The summed E-state index contributed by atoms with van der Waals surface area (Å²) < 4.78 is 4.98. The van der Waals surface area contributed by atoms with Gasteiger partial charge in [0.15, 0.2) is 0 Å². The molecule has 2 aliphatic carbocycles. The van der Waals surface area contributed by atoms with Crippen LogP contribution >= 0.6 is 0 Å². The highest BCUT2D eigenvalue weighted by Crippen LogP contribution is 2.51. The molecule has 12 rings (SSSR count). The molecule has 0 amide bonds. The topological polar surface area (TPSA) is 9.86 Å². The van der Waals surface area contributed by atoms with Gasteiger partial charge in [-0.25, -0.2) is 0 Å². The van der Waals surface area contributed by atoms with Gasteiger partial charge < -0.3 is 9.13 Å². The van der Waals surface area contributed by atoms with Crippen LogP contribution in [0, 0.1) is 0 Å². The van der Waals surface area contributed by atoms with Crippen molar-refractivity contribution in [3.8, 4) is 27.9 Å². The van der Waals surface area contributed by atoms with Crippen molar-refractivity contribution in [2.45, 2.75) is 25.7 Å². The molecule has 2 heteroatoms. The van der Waals surface area contributed by atoms with E-state index in [1.54, 1.807) is 0 Å². The third-order valence-electron chi connectivity index (χ3n) is 12.5. The Hall–Kier alpha value is -6.64. The van der Waals surface area contributed by atoms with Gasteiger partial charge in [0.05, 0.1) is 22.1 Å². The first-order chi connectivity index (χ1) is 26.5. The highest BCUT2D eigenvalue weighted by atomic mass is 15.0. The molecule has 0 bridgehead atoms. The maximum absolute atomic E-state index is 2.50. The molecule has 0 spiro atoms. The molecular formula is C52H36N2. The second-order valence-electron chi connectivity index (χ2n) is 15.7. The number of benzene rings is 8. The molecule has 0 atom stereocenters. The second-order valence-corrected chi connectivity index (χ2v) is 15.7. The monoisotopic (exact) mass is 688 g/mol. The number of fused-ring (bicyclic) bond motifs is 11. The molecule has 2 nitrogen and oxygen atoms in total. The Morgan fingerprint density at radius 2 is 1.11 bits per heavy atom. The number of aromatic nitrogens is 2. The number of hydrogen-bond acceptors (Lipinski definition) is 0. The van der Waals surface area contributed by atoms with Crippen LogP contribution in [-0.2, 0) is 5.41 Å². The molecule has 54 heavy (non-hydrogen) atoms. The lowest BCUT2D eigenvalue weighted by molar-refractivity contribution is 0.661. The summed E-state index contributed by atoms with van der Waals surface area (Å²) in [6.45, 7) is 4.76. The summed E-state index contributed by atoms with van der Waals surface area (Å²) in [5.74, 6) is 0. The van der Waals surface area contributed by atoms with E-state index in [2.05, 4.69) is 193 Å². The molecule has 254 valence electrons. The summed E-state index contributed by atoms with van der Waals surface area (Å²) in [5.41, 5.74) is 15.4. The zero-order valence-electron chi connectivity index (χ0n) is 30.3. The molecule has 0 saturated heterocycles. The van der Waals surface area contributed by atoms with Gasteiger partial charge in [-0.1, -0.05) is 129 Å². The van der Waals surface area contributed by atoms with Crippen LogP contribution in [0.4, 0.5) is 0 Å². The maximum atomic E-state index is 2.50. The lowest BCUT2D eigenvalue weighted by atomic mass is 9.82. The minimum atomic E-state index is -0.0794. The Labute approximate surface area is 313 Å². The van der Waals surface area contributed by atoms with Crippen molar-refractivity contribution in [1.29, 1.82) is 0 Å². The van der Waals surface area contributed by atoms with Crippen LogP contribution in [0.25, 0.3) is 94.1 Å². The summed E-state index contributed by atoms with van der Waals surface area (Å²) in [7, 11) is 0. The van der Waals surface area contributed by atoms with Crippen LogP contribution in [0.1, 0.15) is 31.4 Å².